The first-order chi connectivity index (χ1) is 11.8. The van der Waals surface area contributed by atoms with Gasteiger partial charge in [-0.05, 0) is 47.7 Å². The SMILES string of the molecule is O=C1NC(=Nc2ccccc2)S/C1=C\c1ccc2c(c1)OCCO2. The molecule has 5 nitrogen and oxygen atoms in total. The van der Waals surface area contributed by atoms with Gasteiger partial charge in [-0.2, -0.15) is 0 Å². The lowest BCUT2D eigenvalue weighted by Crippen LogP contribution is -2.19. The number of para-hydroxylation sites is 1. The highest BCUT2D eigenvalue weighted by molar-refractivity contribution is 8.18. The van der Waals surface area contributed by atoms with Crippen molar-refractivity contribution in [3.05, 3.63) is 59.0 Å². The van der Waals surface area contributed by atoms with Crippen molar-refractivity contribution in [3.8, 4) is 11.5 Å². The molecule has 0 aromatic heterocycles. The number of nitrogens with one attached hydrogen (secondary N) is 1. The average molecular weight is 338 g/mol. The van der Waals surface area contributed by atoms with Gasteiger partial charge in [0, 0.05) is 0 Å². The van der Waals surface area contributed by atoms with E-state index in [4.69, 9.17) is 9.47 Å². The van der Waals surface area contributed by atoms with E-state index in [-0.39, 0.29) is 5.91 Å². The second kappa shape index (κ2) is 6.41. The van der Waals surface area contributed by atoms with E-state index in [1.807, 2.05) is 54.6 Å². The van der Waals surface area contributed by atoms with Crippen LogP contribution in [-0.4, -0.2) is 24.3 Å². The van der Waals surface area contributed by atoms with Gasteiger partial charge in [-0.15, -0.1) is 0 Å². The number of rotatable bonds is 2. The van der Waals surface area contributed by atoms with Gasteiger partial charge in [0.05, 0.1) is 10.6 Å². The fraction of sp³-hybridized carbons (Fsp3) is 0.111. The number of hydrogen-bond acceptors (Lipinski definition) is 5. The smallest absolute Gasteiger partial charge is 0.264 e. The molecule has 1 saturated heterocycles. The molecule has 6 heteroatoms. The molecule has 0 bridgehead atoms. The summed E-state index contributed by atoms with van der Waals surface area (Å²) >= 11 is 1.32. The van der Waals surface area contributed by atoms with E-state index in [2.05, 4.69) is 10.3 Å². The Bertz CT molecular complexity index is 847. The Morgan fingerprint density at radius 3 is 2.67 bits per heavy atom. The molecule has 0 radical (unpaired) electrons. The van der Waals surface area contributed by atoms with Gasteiger partial charge in [0.25, 0.3) is 5.91 Å². The van der Waals surface area contributed by atoms with Crippen molar-refractivity contribution in [2.24, 2.45) is 4.99 Å². The molecule has 4 rings (SSSR count). The van der Waals surface area contributed by atoms with E-state index < -0.39 is 0 Å². The van der Waals surface area contributed by atoms with Crippen molar-refractivity contribution < 1.29 is 14.3 Å². The zero-order valence-electron chi connectivity index (χ0n) is 12.7. The molecule has 24 heavy (non-hydrogen) atoms. The molecule has 2 heterocycles. The Morgan fingerprint density at radius 2 is 1.83 bits per heavy atom. The molecule has 1 fully saturated rings. The fourth-order valence-electron chi connectivity index (χ4n) is 2.40. The van der Waals surface area contributed by atoms with Gasteiger partial charge in [-0.3, -0.25) is 4.79 Å². The summed E-state index contributed by atoms with van der Waals surface area (Å²) in [6.45, 7) is 1.10. The van der Waals surface area contributed by atoms with E-state index in [0.29, 0.717) is 29.0 Å². The Labute approximate surface area is 143 Å². The maximum absolute atomic E-state index is 12.1. The van der Waals surface area contributed by atoms with Crippen LogP contribution >= 0.6 is 11.8 Å². The number of ether oxygens (including phenoxy) is 2. The van der Waals surface area contributed by atoms with Crippen LogP contribution in [0.1, 0.15) is 5.56 Å². The summed E-state index contributed by atoms with van der Waals surface area (Å²) in [5.74, 6) is 1.29. The maximum Gasteiger partial charge on any atom is 0.264 e. The number of benzene rings is 2. The van der Waals surface area contributed by atoms with Gasteiger partial charge in [0.15, 0.2) is 16.7 Å². The molecule has 2 aromatic carbocycles. The number of fused-ring (bicyclic) bond motifs is 1. The molecule has 1 amide bonds. The molecule has 0 aliphatic carbocycles. The lowest BCUT2D eigenvalue weighted by molar-refractivity contribution is -0.115. The van der Waals surface area contributed by atoms with Crippen LogP contribution in [-0.2, 0) is 4.79 Å². The quantitative estimate of drug-likeness (QED) is 0.853. The first kappa shape index (κ1) is 14.8. The predicted molar refractivity (Wildman–Crippen MR) is 94.7 cm³/mol. The third-order valence-electron chi connectivity index (χ3n) is 3.50. The summed E-state index contributed by atoms with van der Waals surface area (Å²) in [4.78, 5) is 17.2. The molecule has 0 spiro atoms. The van der Waals surface area contributed by atoms with Crippen LogP contribution < -0.4 is 14.8 Å². The minimum Gasteiger partial charge on any atom is -0.486 e. The monoisotopic (exact) mass is 338 g/mol. The predicted octanol–water partition coefficient (Wildman–Crippen LogP) is 3.35. The van der Waals surface area contributed by atoms with Crippen LogP contribution in [0.25, 0.3) is 6.08 Å². The summed E-state index contributed by atoms with van der Waals surface area (Å²) in [5.41, 5.74) is 1.69. The van der Waals surface area contributed by atoms with Gasteiger partial charge < -0.3 is 14.8 Å². The Hall–Kier alpha value is -2.73. The highest BCUT2D eigenvalue weighted by Crippen LogP contribution is 2.33. The number of thioether (sulfide) groups is 1. The molecule has 0 unspecified atom stereocenters. The lowest BCUT2D eigenvalue weighted by atomic mass is 10.2. The Kier molecular flexibility index (Phi) is 3.96. The molecule has 1 N–H and O–H groups in total. The van der Waals surface area contributed by atoms with Crippen LogP contribution in [0.15, 0.2) is 58.4 Å². The second-order valence-electron chi connectivity index (χ2n) is 5.22. The molecular formula is C18H14N2O3S. The van der Waals surface area contributed by atoms with Gasteiger partial charge >= 0.3 is 0 Å². The zero-order chi connectivity index (χ0) is 16.4. The molecule has 120 valence electrons. The molecule has 0 saturated carbocycles. The van der Waals surface area contributed by atoms with Crippen LogP contribution in [0.5, 0.6) is 11.5 Å². The number of amidine groups is 1. The number of carbonyl (C=O) groups excluding carboxylic acids is 1. The largest absolute Gasteiger partial charge is 0.486 e. The third-order valence-corrected chi connectivity index (χ3v) is 4.41. The third kappa shape index (κ3) is 3.14. The van der Waals surface area contributed by atoms with Crippen molar-refractivity contribution in [2.75, 3.05) is 13.2 Å². The van der Waals surface area contributed by atoms with E-state index in [1.54, 1.807) is 0 Å². The lowest BCUT2D eigenvalue weighted by Gasteiger charge is -2.18. The molecule has 2 aliphatic rings. The van der Waals surface area contributed by atoms with Crippen LogP contribution in [0, 0.1) is 0 Å². The first-order valence-electron chi connectivity index (χ1n) is 7.52. The van der Waals surface area contributed by atoms with Gasteiger partial charge in [-0.1, -0.05) is 24.3 Å². The molecule has 2 aliphatic heterocycles. The Morgan fingerprint density at radius 1 is 1.04 bits per heavy atom. The van der Waals surface area contributed by atoms with E-state index >= 15 is 0 Å². The van der Waals surface area contributed by atoms with Crippen LogP contribution in [0.4, 0.5) is 5.69 Å². The van der Waals surface area contributed by atoms with E-state index in [9.17, 15) is 4.79 Å². The number of nitrogens with zero attached hydrogens (tertiary/aromatic N) is 1. The highest BCUT2D eigenvalue weighted by atomic mass is 32.2. The van der Waals surface area contributed by atoms with E-state index in [1.165, 1.54) is 11.8 Å². The van der Waals surface area contributed by atoms with E-state index in [0.717, 1.165) is 17.0 Å². The summed E-state index contributed by atoms with van der Waals surface area (Å²) in [7, 11) is 0. The number of carbonyl (C=O) groups is 1. The standard InChI is InChI=1S/C18H14N2O3S/c21-17-16(24-18(20-17)19-13-4-2-1-3-5-13)11-12-6-7-14-15(10-12)23-9-8-22-14/h1-7,10-11H,8-9H2,(H,19,20,21)/b16-11-. The van der Waals surface area contributed by atoms with Crippen molar-refractivity contribution >= 4 is 34.6 Å². The van der Waals surface area contributed by atoms with Crippen molar-refractivity contribution in [1.82, 2.24) is 5.32 Å². The molecule has 0 atom stereocenters. The van der Waals surface area contributed by atoms with Gasteiger partial charge in [0.2, 0.25) is 0 Å². The maximum atomic E-state index is 12.1. The topological polar surface area (TPSA) is 59.9 Å². The van der Waals surface area contributed by atoms with Gasteiger partial charge in [0.1, 0.15) is 13.2 Å². The number of hydrogen-bond donors (Lipinski definition) is 1. The average Bonchev–Trinajstić information content (AvgIpc) is 2.95. The summed E-state index contributed by atoms with van der Waals surface area (Å²) in [6.07, 6.45) is 1.83. The van der Waals surface area contributed by atoms with Gasteiger partial charge in [-0.25, -0.2) is 4.99 Å². The first-order valence-corrected chi connectivity index (χ1v) is 8.34. The molecular weight excluding hydrogens is 324 g/mol. The van der Waals surface area contributed by atoms with Crippen molar-refractivity contribution in [3.63, 3.8) is 0 Å². The van der Waals surface area contributed by atoms with Crippen molar-refractivity contribution in [2.45, 2.75) is 0 Å². The fourth-order valence-corrected chi connectivity index (χ4v) is 3.24. The number of amides is 1. The highest BCUT2D eigenvalue weighted by Gasteiger charge is 2.24. The normalized spacial score (nSPS) is 19.6. The molecule has 2 aromatic rings. The minimum absolute atomic E-state index is 0.149. The van der Waals surface area contributed by atoms with Crippen molar-refractivity contribution in [1.29, 1.82) is 0 Å². The summed E-state index contributed by atoms with van der Waals surface area (Å²) in [6, 6.07) is 15.2. The number of aliphatic imine (C=N–C) groups is 1. The van der Waals surface area contributed by atoms with Crippen LogP contribution in [0.3, 0.4) is 0 Å². The summed E-state index contributed by atoms with van der Waals surface area (Å²) < 4.78 is 11.1. The Balaban J connectivity index is 1.57. The zero-order valence-corrected chi connectivity index (χ0v) is 13.5. The summed E-state index contributed by atoms with van der Waals surface area (Å²) in [5, 5.41) is 3.36. The van der Waals surface area contributed by atoms with Crippen LogP contribution in [0.2, 0.25) is 0 Å². The minimum atomic E-state index is -0.149. The second-order valence-corrected chi connectivity index (χ2v) is 6.25.